The first-order chi connectivity index (χ1) is 14.2. The van der Waals surface area contributed by atoms with Crippen LogP contribution in [0.15, 0.2) is 78.9 Å². The lowest BCUT2D eigenvalue weighted by Gasteiger charge is -2.13. The number of carbonyl (C=O) groups excluding carboxylic acids is 1. The van der Waals surface area contributed by atoms with E-state index in [-0.39, 0.29) is 5.91 Å². The van der Waals surface area contributed by atoms with Gasteiger partial charge in [0.1, 0.15) is 5.75 Å². The zero-order chi connectivity index (χ0) is 20.2. The number of aromatic nitrogens is 1. The Morgan fingerprint density at radius 2 is 1.69 bits per heavy atom. The van der Waals surface area contributed by atoms with E-state index in [1.807, 2.05) is 92.7 Å². The van der Waals surface area contributed by atoms with E-state index in [9.17, 15) is 4.79 Å². The second kappa shape index (κ2) is 8.15. The molecule has 29 heavy (non-hydrogen) atoms. The van der Waals surface area contributed by atoms with E-state index in [2.05, 4.69) is 5.32 Å². The van der Waals surface area contributed by atoms with Crippen molar-refractivity contribution < 1.29 is 9.53 Å². The van der Waals surface area contributed by atoms with Gasteiger partial charge in [-0.2, -0.15) is 0 Å². The van der Waals surface area contributed by atoms with Gasteiger partial charge in [0.15, 0.2) is 0 Å². The van der Waals surface area contributed by atoms with Crippen LogP contribution in [0, 0.1) is 6.92 Å². The predicted octanol–water partition coefficient (Wildman–Crippen LogP) is 5.86. The van der Waals surface area contributed by atoms with Crippen molar-refractivity contribution in [3.05, 3.63) is 90.0 Å². The first-order valence-corrected chi connectivity index (χ1v) is 9.65. The zero-order valence-electron chi connectivity index (χ0n) is 16.5. The smallest absolute Gasteiger partial charge is 0.256 e. The van der Waals surface area contributed by atoms with E-state index in [1.165, 1.54) is 5.56 Å². The molecule has 0 aliphatic heterocycles. The maximum absolute atomic E-state index is 13.2. The molecule has 4 heteroatoms. The number of nitrogens with zero attached hydrogens (tertiary/aromatic N) is 1. The lowest BCUT2D eigenvalue weighted by atomic mass is 10.0. The monoisotopic (exact) mass is 382 g/mol. The van der Waals surface area contributed by atoms with Gasteiger partial charge in [-0.05, 0) is 38.1 Å². The van der Waals surface area contributed by atoms with Crippen LogP contribution >= 0.6 is 0 Å². The molecule has 1 aromatic heterocycles. The molecule has 0 bridgehead atoms. The third-order valence-corrected chi connectivity index (χ3v) is 4.74. The molecule has 0 saturated heterocycles. The van der Waals surface area contributed by atoms with Gasteiger partial charge >= 0.3 is 0 Å². The highest BCUT2D eigenvalue weighted by atomic mass is 16.5. The second-order valence-electron chi connectivity index (χ2n) is 6.82. The number of aryl methyl sites for hydroxylation is 1. The Kier molecular flexibility index (Phi) is 5.25. The summed E-state index contributed by atoms with van der Waals surface area (Å²) in [6.07, 6.45) is 0. The summed E-state index contributed by atoms with van der Waals surface area (Å²) in [7, 11) is 0. The molecule has 0 aliphatic rings. The van der Waals surface area contributed by atoms with Gasteiger partial charge in [-0.1, -0.05) is 60.2 Å². The summed E-state index contributed by atoms with van der Waals surface area (Å²) in [4.78, 5) is 18.0. The molecule has 0 unspecified atom stereocenters. The van der Waals surface area contributed by atoms with Gasteiger partial charge < -0.3 is 10.1 Å². The fraction of sp³-hybridized carbons (Fsp3) is 0.120. The number of hydrogen-bond acceptors (Lipinski definition) is 3. The number of fused-ring (bicyclic) bond motifs is 1. The van der Waals surface area contributed by atoms with E-state index in [0.717, 1.165) is 22.2 Å². The second-order valence-corrected chi connectivity index (χ2v) is 6.82. The molecule has 0 saturated carbocycles. The summed E-state index contributed by atoms with van der Waals surface area (Å²) in [6, 6.07) is 25.1. The molecule has 1 heterocycles. The molecule has 3 aromatic carbocycles. The van der Waals surface area contributed by atoms with E-state index >= 15 is 0 Å². The number of carbonyl (C=O) groups is 1. The first kappa shape index (κ1) is 18.7. The summed E-state index contributed by atoms with van der Waals surface area (Å²) in [6.45, 7) is 4.50. The zero-order valence-corrected chi connectivity index (χ0v) is 16.5. The maximum atomic E-state index is 13.2. The number of rotatable bonds is 5. The molecule has 0 atom stereocenters. The fourth-order valence-electron chi connectivity index (χ4n) is 3.28. The topological polar surface area (TPSA) is 51.2 Å². The molecular weight excluding hydrogens is 360 g/mol. The molecule has 0 spiro atoms. The molecule has 144 valence electrons. The molecule has 4 rings (SSSR count). The van der Waals surface area contributed by atoms with Gasteiger partial charge in [-0.15, -0.1) is 0 Å². The Hall–Kier alpha value is -3.66. The number of pyridine rings is 1. The average Bonchev–Trinajstić information content (AvgIpc) is 2.75. The Morgan fingerprint density at radius 3 is 2.48 bits per heavy atom. The van der Waals surface area contributed by atoms with Crippen molar-refractivity contribution >= 4 is 22.5 Å². The Bertz CT molecular complexity index is 1170. The molecule has 0 radical (unpaired) electrons. The van der Waals surface area contributed by atoms with Crippen molar-refractivity contribution in [1.29, 1.82) is 0 Å². The van der Waals surface area contributed by atoms with Crippen molar-refractivity contribution in [2.75, 3.05) is 11.9 Å². The number of benzene rings is 3. The van der Waals surface area contributed by atoms with Crippen LogP contribution in [0.1, 0.15) is 22.8 Å². The van der Waals surface area contributed by atoms with Gasteiger partial charge in [0.2, 0.25) is 0 Å². The predicted molar refractivity (Wildman–Crippen MR) is 117 cm³/mol. The van der Waals surface area contributed by atoms with Crippen molar-refractivity contribution in [2.24, 2.45) is 0 Å². The van der Waals surface area contributed by atoms with Crippen molar-refractivity contribution in [3.63, 3.8) is 0 Å². The largest absolute Gasteiger partial charge is 0.492 e. The molecule has 4 aromatic rings. The Balaban J connectivity index is 1.78. The number of hydrogen-bond donors (Lipinski definition) is 1. The number of para-hydroxylation sites is 3. The average molecular weight is 382 g/mol. The maximum Gasteiger partial charge on any atom is 0.256 e. The number of anilines is 1. The molecule has 4 nitrogen and oxygen atoms in total. The molecule has 0 aliphatic carbocycles. The normalized spacial score (nSPS) is 10.7. The lowest BCUT2D eigenvalue weighted by Crippen LogP contribution is -2.14. The van der Waals surface area contributed by atoms with Crippen LogP contribution in [-0.2, 0) is 0 Å². The molecular formula is C25H22N2O2. The van der Waals surface area contributed by atoms with Gasteiger partial charge in [0, 0.05) is 10.9 Å². The van der Waals surface area contributed by atoms with Crippen LogP contribution in [0.4, 0.5) is 5.69 Å². The van der Waals surface area contributed by atoms with Crippen LogP contribution in [0.5, 0.6) is 5.75 Å². The minimum Gasteiger partial charge on any atom is -0.492 e. The van der Waals surface area contributed by atoms with E-state index in [0.29, 0.717) is 23.6 Å². The third kappa shape index (κ3) is 3.97. The van der Waals surface area contributed by atoms with Gasteiger partial charge in [0.25, 0.3) is 5.91 Å². The highest BCUT2D eigenvalue weighted by Gasteiger charge is 2.15. The Labute approximate surface area is 170 Å². The van der Waals surface area contributed by atoms with Crippen molar-refractivity contribution in [2.45, 2.75) is 13.8 Å². The van der Waals surface area contributed by atoms with Gasteiger partial charge in [-0.25, -0.2) is 4.98 Å². The van der Waals surface area contributed by atoms with Crippen LogP contribution in [0.2, 0.25) is 0 Å². The van der Waals surface area contributed by atoms with Crippen molar-refractivity contribution in [3.8, 4) is 17.0 Å². The lowest BCUT2D eigenvalue weighted by molar-refractivity contribution is 0.102. The van der Waals surface area contributed by atoms with E-state index in [1.54, 1.807) is 0 Å². The summed E-state index contributed by atoms with van der Waals surface area (Å²) < 4.78 is 5.64. The summed E-state index contributed by atoms with van der Waals surface area (Å²) >= 11 is 0. The number of amides is 1. The van der Waals surface area contributed by atoms with E-state index < -0.39 is 0 Å². The minimum absolute atomic E-state index is 0.191. The van der Waals surface area contributed by atoms with Gasteiger partial charge in [-0.3, -0.25) is 4.79 Å². The fourth-order valence-corrected chi connectivity index (χ4v) is 3.28. The number of ether oxygens (including phenoxy) is 1. The highest BCUT2D eigenvalue weighted by Crippen LogP contribution is 2.28. The van der Waals surface area contributed by atoms with Crippen LogP contribution in [0.3, 0.4) is 0 Å². The van der Waals surface area contributed by atoms with Crippen LogP contribution < -0.4 is 10.1 Å². The third-order valence-electron chi connectivity index (χ3n) is 4.74. The first-order valence-electron chi connectivity index (χ1n) is 9.65. The number of nitrogens with one attached hydrogen (secondary N) is 1. The van der Waals surface area contributed by atoms with Gasteiger partial charge in [0.05, 0.1) is 29.1 Å². The molecule has 0 fully saturated rings. The summed E-state index contributed by atoms with van der Waals surface area (Å²) in [5.41, 5.74) is 4.94. The highest BCUT2D eigenvalue weighted by molar-refractivity contribution is 6.13. The standard InChI is InChI=1S/C25H22N2O2/c1-3-29-24-11-7-6-10-22(24)27-25(28)20-16-23(18-14-12-17(2)13-15-18)26-21-9-5-4-8-19(20)21/h4-16H,3H2,1-2H3,(H,27,28). The van der Waals surface area contributed by atoms with Crippen molar-refractivity contribution in [1.82, 2.24) is 4.98 Å². The van der Waals surface area contributed by atoms with Crippen LogP contribution in [-0.4, -0.2) is 17.5 Å². The summed E-state index contributed by atoms with van der Waals surface area (Å²) in [5.74, 6) is 0.463. The quantitative estimate of drug-likeness (QED) is 0.470. The molecule has 1 amide bonds. The summed E-state index contributed by atoms with van der Waals surface area (Å²) in [5, 5.41) is 3.81. The minimum atomic E-state index is -0.191. The SMILES string of the molecule is CCOc1ccccc1NC(=O)c1cc(-c2ccc(C)cc2)nc2ccccc12. The Morgan fingerprint density at radius 1 is 0.966 bits per heavy atom. The van der Waals surface area contributed by atoms with Crippen LogP contribution in [0.25, 0.3) is 22.2 Å². The molecule has 1 N–H and O–H groups in total. The van der Waals surface area contributed by atoms with E-state index in [4.69, 9.17) is 9.72 Å².